The Bertz CT molecular complexity index is 252. The van der Waals surface area contributed by atoms with Crippen LogP contribution in [0.25, 0.3) is 0 Å². The zero-order chi connectivity index (χ0) is 11.4. The summed E-state index contributed by atoms with van der Waals surface area (Å²) in [5.74, 6) is -0.625. The fraction of sp³-hybridized carbons (Fsp3) is 0.818. The van der Waals surface area contributed by atoms with Crippen LogP contribution in [-0.2, 0) is 9.59 Å². The van der Waals surface area contributed by atoms with E-state index in [1.54, 1.807) is 6.92 Å². The summed E-state index contributed by atoms with van der Waals surface area (Å²) in [6.45, 7) is 4.25. The van der Waals surface area contributed by atoms with Gasteiger partial charge in [-0.1, -0.05) is 6.92 Å². The number of carboxylic acid groups (broad SMARTS) is 1. The number of rotatable bonds is 5. The average molecular weight is 213 g/mol. The molecule has 15 heavy (non-hydrogen) atoms. The highest BCUT2D eigenvalue weighted by molar-refractivity contribution is 5.77. The van der Waals surface area contributed by atoms with Crippen LogP contribution in [0.15, 0.2) is 0 Å². The molecule has 1 rings (SSSR count). The summed E-state index contributed by atoms with van der Waals surface area (Å²) in [6, 6.07) is -0.277. The van der Waals surface area contributed by atoms with E-state index in [1.165, 1.54) is 0 Å². The molecule has 1 saturated heterocycles. The molecule has 86 valence electrons. The van der Waals surface area contributed by atoms with E-state index in [1.807, 2.05) is 11.8 Å². The second-order valence-electron chi connectivity index (χ2n) is 4.20. The first-order valence-electron chi connectivity index (χ1n) is 5.54. The molecule has 4 nitrogen and oxygen atoms in total. The molecule has 0 aromatic carbocycles. The smallest absolute Gasteiger partial charge is 0.320 e. The van der Waals surface area contributed by atoms with Gasteiger partial charge in [0.25, 0.3) is 0 Å². The molecule has 1 aliphatic rings. The first-order chi connectivity index (χ1) is 7.06. The summed E-state index contributed by atoms with van der Waals surface area (Å²) < 4.78 is 0. The first kappa shape index (κ1) is 12.2. The van der Waals surface area contributed by atoms with Crippen LogP contribution in [0.5, 0.6) is 0 Å². The number of likely N-dealkylation sites (tertiary alicyclic amines) is 1. The third-order valence-electron chi connectivity index (χ3n) is 3.02. The molecule has 2 atom stereocenters. The summed E-state index contributed by atoms with van der Waals surface area (Å²) in [4.78, 5) is 24.1. The van der Waals surface area contributed by atoms with E-state index in [-0.39, 0.29) is 11.8 Å². The van der Waals surface area contributed by atoms with Gasteiger partial charge in [0.15, 0.2) is 0 Å². The summed E-state index contributed by atoms with van der Waals surface area (Å²) >= 11 is 0. The Morgan fingerprint density at radius 2 is 2.20 bits per heavy atom. The van der Waals surface area contributed by atoms with Crippen LogP contribution < -0.4 is 0 Å². The lowest BCUT2D eigenvalue weighted by atomic mass is 10.1. The van der Waals surface area contributed by atoms with Crippen LogP contribution in [0.4, 0.5) is 0 Å². The number of ketones is 1. The summed E-state index contributed by atoms with van der Waals surface area (Å²) in [6.07, 6.45) is 3.04. The highest BCUT2D eigenvalue weighted by atomic mass is 16.4. The van der Waals surface area contributed by atoms with Crippen LogP contribution in [0.2, 0.25) is 0 Å². The fourth-order valence-corrected chi connectivity index (χ4v) is 2.37. The van der Waals surface area contributed by atoms with Crippen molar-refractivity contribution in [3.05, 3.63) is 0 Å². The van der Waals surface area contributed by atoms with E-state index in [0.29, 0.717) is 12.8 Å². The van der Waals surface area contributed by atoms with Gasteiger partial charge in [0.05, 0.1) is 0 Å². The Labute approximate surface area is 90.3 Å². The predicted molar refractivity (Wildman–Crippen MR) is 56.7 cm³/mol. The Hall–Kier alpha value is -0.900. The van der Waals surface area contributed by atoms with Crippen LogP contribution in [0.3, 0.4) is 0 Å². The minimum Gasteiger partial charge on any atom is -0.480 e. The molecule has 0 amide bonds. The number of Topliss-reactive ketones (excluding diaryl/α,β-unsaturated/α-hetero) is 1. The van der Waals surface area contributed by atoms with Crippen molar-refractivity contribution in [2.75, 3.05) is 6.54 Å². The van der Waals surface area contributed by atoms with E-state index < -0.39 is 12.0 Å². The van der Waals surface area contributed by atoms with Crippen molar-refractivity contribution in [3.8, 4) is 0 Å². The van der Waals surface area contributed by atoms with E-state index in [9.17, 15) is 9.59 Å². The fourth-order valence-electron chi connectivity index (χ4n) is 2.37. The Morgan fingerprint density at radius 1 is 1.53 bits per heavy atom. The van der Waals surface area contributed by atoms with Gasteiger partial charge in [0.2, 0.25) is 0 Å². The molecule has 2 unspecified atom stereocenters. The van der Waals surface area contributed by atoms with Crippen molar-refractivity contribution in [3.63, 3.8) is 0 Å². The molecular weight excluding hydrogens is 194 g/mol. The predicted octanol–water partition coefficient (Wildman–Crippen LogP) is 1.29. The highest BCUT2D eigenvalue weighted by Gasteiger charge is 2.33. The van der Waals surface area contributed by atoms with Crippen molar-refractivity contribution in [2.45, 2.75) is 51.6 Å². The molecule has 0 spiro atoms. The summed E-state index contributed by atoms with van der Waals surface area (Å²) in [5.41, 5.74) is 0. The second-order valence-corrected chi connectivity index (χ2v) is 4.20. The zero-order valence-corrected chi connectivity index (χ0v) is 9.40. The zero-order valence-electron chi connectivity index (χ0n) is 9.40. The van der Waals surface area contributed by atoms with Crippen molar-refractivity contribution < 1.29 is 14.7 Å². The molecule has 0 aliphatic carbocycles. The third kappa shape index (κ3) is 3.02. The van der Waals surface area contributed by atoms with Gasteiger partial charge in [0.1, 0.15) is 11.8 Å². The standard InChI is InChI=1S/C11H19NO3/c1-3-10(11(14)15)12-6-4-5-9(12)7-8(2)13/h9-10H,3-7H2,1-2H3,(H,14,15). The lowest BCUT2D eigenvalue weighted by Crippen LogP contribution is -2.44. The molecule has 0 bridgehead atoms. The van der Waals surface area contributed by atoms with Crippen LogP contribution in [0.1, 0.15) is 39.5 Å². The molecule has 0 aromatic rings. The van der Waals surface area contributed by atoms with Crippen molar-refractivity contribution in [2.24, 2.45) is 0 Å². The van der Waals surface area contributed by atoms with Gasteiger partial charge in [-0.3, -0.25) is 14.5 Å². The number of carbonyl (C=O) groups is 2. The van der Waals surface area contributed by atoms with Gasteiger partial charge >= 0.3 is 5.97 Å². The van der Waals surface area contributed by atoms with Gasteiger partial charge in [-0.15, -0.1) is 0 Å². The lowest BCUT2D eigenvalue weighted by molar-refractivity contribution is -0.144. The largest absolute Gasteiger partial charge is 0.480 e. The minimum absolute atomic E-state index is 0.142. The second kappa shape index (κ2) is 5.26. The maximum Gasteiger partial charge on any atom is 0.320 e. The summed E-state index contributed by atoms with van der Waals surface area (Å²) in [5, 5.41) is 9.06. The maximum absolute atomic E-state index is 11.1. The molecule has 4 heteroatoms. The summed E-state index contributed by atoms with van der Waals surface area (Å²) in [7, 11) is 0. The van der Waals surface area contributed by atoms with Crippen molar-refractivity contribution >= 4 is 11.8 Å². The molecule has 0 radical (unpaired) electrons. The van der Waals surface area contributed by atoms with E-state index >= 15 is 0 Å². The van der Waals surface area contributed by atoms with Gasteiger partial charge in [-0.05, 0) is 32.7 Å². The third-order valence-corrected chi connectivity index (χ3v) is 3.02. The van der Waals surface area contributed by atoms with Crippen LogP contribution >= 0.6 is 0 Å². The molecule has 1 fully saturated rings. The van der Waals surface area contributed by atoms with Gasteiger partial charge in [0, 0.05) is 12.5 Å². The molecular formula is C11H19NO3. The number of hydrogen-bond acceptors (Lipinski definition) is 3. The highest BCUT2D eigenvalue weighted by Crippen LogP contribution is 2.24. The maximum atomic E-state index is 11.1. The normalized spacial score (nSPS) is 24.0. The number of nitrogens with zero attached hydrogens (tertiary/aromatic N) is 1. The Kier molecular flexibility index (Phi) is 4.27. The minimum atomic E-state index is -0.770. The average Bonchev–Trinajstić information content (AvgIpc) is 2.53. The van der Waals surface area contributed by atoms with E-state index in [2.05, 4.69) is 0 Å². The lowest BCUT2D eigenvalue weighted by Gasteiger charge is -2.29. The van der Waals surface area contributed by atoms with Crippen LogP contribution in [-0.4, -0.2) is 40.4 Å². The van der Waals surface area contributed by atoms with E-state index in [4.69, 9.17) is 5.11 Å². The SMILES string of the molecule is CCC(C(=O)O)N1CCCC1CC(C)=O. The molecule has 0 aromatic heterocycles. The number of carbonyl (C=O) groups excluding carboxylic acids is 1. The number of hydrogen-bond donors (Lipinski definition) is 1. The van der Waals surface area contributed by atoms with Gasteiger partial charge in [-0.25, -0.2) is 0 Å². The van der Waals surface area contributed by atoms with Crippen molar-refractivity contribution in [1.29, 1.82) is 0 Å². The topological polar surface area (TPSA) is 57.6 Å². The number of carboxylic acids is 1. The van der Waals surface area contributed by atoms with Crippen LogP contribution in [0, 0.1) is 0 Å². The molecule has 1 aliphatic heterocycles. The molecule has 0 saturated carbocycles. The van der Waals surface area contributed by atoms with Gasteiger partial charge in [-0.2, -0.15) is 0 Å². The Morgan fingerprint density at radius 3 is 2.67 bits per heavy atom. The van der Waals surface area contributed by atoms with Crippen molar-refractivity contribution in [1.82, 2.24) is 4.90 Å². The van der Waals surface area contributed by atoms with Gasteiger partial charge < -0.3 is 5.11 Å². The molecule has 1 N–H and O–H groups in total. The monoisotopic (exact) mass is 213 g/mol. The quantitative estimate of drug-likeness (QED) is 0.747. The molecule has 1 heterocycles. The van der Waals surface area contributed by atoms with E-state index in [0.717, 1.165) is 19.4 Å². The Balaban J connectivity index is 2.65. The first-order valence-corrected chi connectivity index (χ1v) is 5.54. The number of aliphatic carboxylic acids is 1.